The molecule has 0 aliphatic heterocycles. The van der Waals surface area contributed by atoms with Crippen LogP contribution in [0.15, 0.2) is 36.5 Å². The van der Waals surface area contributed by atoms with Gasteiger partial charge >= 0.3 is 0 Å². The quantitative estimate of drug-likeness (QED) is 0.848. The Morgan fingerprint density at radius 3 is 2.90 bits per heavy atom. The van der Waals surface area contributed by atoms with E-state index in [0.29, 0.717) is 15.8 Å². The van der Waals surface area contributed by atoms with E-state index in [1.54, 1.807) is 18.3 Å². The van der Waals surface area contributed by atoms with Crippen LogP contribution in [-0.4, -0.2) is 10.1 Å². The molecule has 3 nitrogen and oxygen atoms in total. The van der Waals surface area contributed by atoms with Crippen molar-refractivity contribution in [1.82, 2.24) is 10.3 Å². The lowest BCUT2D eigenvalue weighted by atomic mass is 10.2. The van der Waals surface area contributed by atoms with Gasteiger partial charge in [-0.3, -0.25) is 4.98 Å². The lowest BCUT2D eigenvalue weighted by molar-refractivity contribution is 0.594. The van der Waals surface area contributed by atoms with Crippen molar-refractivity contribution in [3.63, 3.8) is 0 Å². The number of pyridine rings is 1. The molecule has 2 rings (SSSR count). The fourth-order valence-corrected chi connectivity index (χ4v) is 2.06. The number of hydrogen-bond donors (Lipinski definition) is 2. The van der Waals surface area contributed by atoms with Gasteiger partial charge in [-0.15, -0.1) is 0 Å². The van der Waals surface area contributed by atoms with E-state index in [9.17, 15) is 4.39 Å². The first-order valence-corrected chi connectivity index (χ1v) is 6.75. The number of nitrogens with one attached hydrogen (secondary N) is 2. The Morgan fingerprint density at radius 1 is 1.40 bits per heavy atom. The Kier molecular flexibility index (Phi) is 4.87. The van der Waals surface area contributed by atoms with Crippen LogP contribution in [-0.2, 0) is 6.54 Å². The van der Waals surface area contributed by atoms with E-state index >= 15 is 0 Å². The summed E-state index contributed by atoms with van der Waals surface area (Å²) in [5, 5.41) is 7.03. The van der Waals surface area contributed by atoms with E-state index in [1.807, 2.05) is 19.1 Å². The predicted octanol–water partition coefficient (Wildman–Crippen LogP) is 3.67. The largest absolute Gasteiger partial charge is 0.357 e. The molecule has 0 atom stereocenters. The first kappa shape index (κ1) is 14.7. The van der Waals surface area contributed by atoms with Crippen LogP contribution in [0.4, 0.5) is 10.1 Å². The topological polar surface area (TPSA) is 37.0 Å². The highest BCUT2D eigenvalue weighted by molar-refractivity contribution is 7.80. The van der Waals surface area contributed by atoms with Crippen LogP contribution in [0.5, 0.6) is 0 Å². The van der Waals surface area contributed by atoms with Crippen molar-refractivity contribution in [3.8, 4) is 0 Å². The highest BCUT2D eigenvalue weighted by Crippen LogP contribution is 2.19. The molecule has 0 saturated heterocycles. The predicted molar refractivity (Wildman–Crippen MR) is 83.4 cm³/mol. The highest BCUT2D eigenvalue weighted by Gasteiger charge is 2.05. The number of hydrogen-bond acceptors (Lipinski definition) is 2. The fraction of sp³-hybridized carbons (Fsp3) is 0.143. The van der Waals surface area contributed by atoms with Gasteiger partial charge in [0.15, 0.2) is 5.11 Å². The molecular formula is C14H13ClFN3S. The third kappa shape index (κ3) is 3.88. The van der Waals surface area contributed by atoms with Crippen molar-refractivity contribution < 1.29 is 4.39 Å². The van der Waals surface area contributed by atoms with Crippen LogP contribution in [0.25, 0.3) is 0 Å². The van der Waals surface area contributed by atoms with Crippen molar-refractivity contribution in [3.05, 3.63) is 58.6 Å². The summed E-state index contributed by atoms with van der Waals surface area (Å²) in [5.41, 5.74) is 2.16. The Morgan fingerprint density at radius 2 is 2.20 bits per heavy atom. The summed E-state index contributed by atoms with van der Waals surface area (Å²) in [6, 6.07) is 8.37. The molecule has 0 bridgehead atoms. The Balaban J connectivity index is 1.94. The number of halogens is 2. The van der Waals surface area contributed by atoms with Gasteiger partial charge in [0.2, 0.25) is 0 Å². The molecule has 1 aromatic heterocycles. The van der Waals surface area contributed by atoms with E-state index in [1.165, 1.54) is 6.07 Å². The maximum atomic E-state index is 13.4. The summed E-state index contributed by atoms with van der Waals surface area (Å²) in [6.45, 7) is 2.15. The van der Waals surface area contributed by atoms with Crippen LogP contribution in [0, 0.1) is 12.7 Å². The van der Waals surface area contributed by atoms with Crippen molar-refractivity contribution in [2.24, 2.45) is 0 Å². The maximum absolute atomic E-state index is 13.4. The minimum atomic E-state index is -0.356. The van der Waals surface area contributed by atoms with Crippen LogP contribution in [0.1, 0.15) is 11.3 Å². The zero-order chi connectivity index (χ0) is 14.5. The summed E-state index contributed by atoms with van der Waals surface area (Å²) >= 11 is 11.1. The first-order chi connectivity index (χ1) is 9.56. The molecule has 0 aliphatic carbocycles. The van der Waals surface area contributed by atoms with Crippen LogP contribution in [0.3, 0.4) is 0 Å². The number of nitrogens with zero attached hydrogens (tertiary/aromatic N) is 1. The molecule has 0 unspecified atom stereocenters. The smallest absolute Gasteiger partial charge is 0.171 e. The van der Waals surface area contributed by atoms with Gasteiger partial charge in [-0.2, -0.15) is 0 Å². The van der Waals surface area contributed by atoms with Gasteiger partial charge in [0.1, 0.15) is 5.82 Å². The Hall–Kier alpha value is -1.72. The summed E-state index contributed by atoms with van der Waals surface area (Å²) in [6.07, 6.45) is 1.54. The number of rotatable bonds is 3. The fourth-order valence-electron chi connectivity index (χ4n) is 1.65. The molecule has 0 amide bonds. The summed E-state index contributed by atoms with van der Waals surface area (Å²) < 4.78 is 13.4. The van der Waals surface area contributed by atoms with Crippen LogP contribution >= 0.6 is 23.8 Å². The second kappa shape index (κ2) is 6.63. The molecule has 0 aliphatic rings. The van der Waals surface area contributed by atoms with Gasteiger partial charge in [-0.25, -0.2) is 4.39 Å². The third-order valence-electron chi connectivity index (χ3n) is 2.69. The zero-order valence-corrected chi connectivity index (χ0v) is 12.4. The molecule has 2 N–H and O–H groups in total. The van der Waals surface area contributed by atoms with E-state index in [0.717, 1.165) is 11.3 Å². The number of benzene rings is 1. The maximum Gasteiger partial charge on any atom is 0.171 e. The normalized spacial score (nSPS) is 10.2. The van der Waals surface area contributed by atoms with Crippen LogP contribution < -0.4 is 10.6 Å². The van der Waals surface area contributed by atoms with E-state index in [-0.39, 0.29) is 12.4 Å². The SMILES string of the molecule is Cc1cc(Cl)ccc1NC(=S)NCc1ncccc1F. The highest BCUT2D eigenvalue weighted by atomic mass is 35.5. The van der Waals surface area contributed by atoms with Gasteiger partial charge in [0, 0.05) is 16.9 Å². The number of aryl methyl sites for hydroxylation is 1. The standard InChI is InChI=1S/C14H13ClFN3S/c1-9-7-10(15)4-5-12(9)19-14(20)18-8-13-11(16)3-2-6-17-13/h2-7H,8H2,1H3,(H2,18,19,20). The van der Waals surface area contributed by atoms with Crippen molar-refractivity contribution >= 4 is 34.6 Å². The Bertz CT molecular complexity index is 634. The zero-order valence-electron chi connectivity index (χ0n) is 10.8. The second-order valence-corrected chi connectivity index (χ2v) is 5.04. The van der Waals surface area contributed by atoms with Crippen molar-refractivity contribution in [1.29, 1.82) is 0 Å². The molecule has 1 aromatic carbocycles. The molecule has 6 heteroatoms. The van der Waals surface area contributed by atoms with Gasteiger partial charge in [-0.05, 0) is 55.0 Å². The molecule has 0 spiro atoms. The minimum absolute atomic E-state index is 0.227. The molecule has 2 aromatic rings. The van der Waals surface area contributed by atoms with Crippen LogP contribution in [0.2, 0.25) is 5.02 Å². The molecule has 0 saturated carbocycles. The second-order valence-electron chi connectivity index (χ2n) is 4.20. The summed E-state index contributed by atoms with van der Waals surface area (Å²) in [5.74, 6) is -0.356. The molecule has 1 heterocycles. The Labute approximate surface area is 127 Å². The van der Waals surface area contributed by atoms with Crippen molar-refractivity contribution in [2.45, 2.75) is 13.5 Å². The molecule has 0 radical (unpaired) electrons. The van der Waals surface area contributed by atoms with Gasteiger partial charge in [-0.1, -0.05) is 11.6 Å². The minimum Gasteiger partial charge on any atom is -0.357 e. The third-order valence-corrected chi connectivity index (χ3v) is 3.17. The lowest BCUT2D eigenvalue weighted by Crippen LogP contribution is -2.28. The monoisotopic (exact) mass is 309 g/mol. The van der Waals surface area contributed by atoms with E-state index < -0.39 is 0 Å². The average molecular weight is 310 g/mol. The number of thiocarbonyl (C=S) groups is 1. The average Bonchev–Trinajstić information content (AvgIpc) is 2.41. The van der Waals surface area contributed by atoms with Gasteiger partial charge in [0.05, 0.1) is 12.2 Å². The summed E-state index contributed by atoms with van der Waals surface area (Å²) in [4.78, 5) is 3.94. The molecule has 20 heavy (non-hydrogen) atoms. The van der Waals surface area contributed by atoms with Gasteiger partial charge in [0.25, 0.3) is 0 Å². The molecule has 0 fully saturated rings. The number of aromatic nitrogens is 1. The van der Waals surface area contributed by atoms with E-state index in [4.69, 9.17) is 23.8 Å². The lowest BCUT2D eigenvalue weighted by Gasteiger charge is -2.12. The molecular weight excluding hydrogens is 297 g/mol. The van der Waals surface area contributed by atoms with Gasteiger partial charge < -0.3 is 10.6 Å². The number of anilines is 1. The van der Waals surface area contributed by atoms with E-state index in [2.05, 4.69) is 15.6 Å². The first-order valence-electron chi connectivity index (χ1n) is 5.96. The summed E-state index contributed by atoms with van der Waals surface area (Å²) in [7, 11) is 0. The molecule has 104 valence electrons. The van der Waals surface area contributed by atoms with Crippen molar-refractivity contribution in [2.75, 3.05) is 5.32 Å².